The van der Waals surface area contributed by atoms with E-state index < -0.39 is 40.2 Å². The Bertz CT molecular complexity index is 462. The number of rotatable bonds is 2. The van der Waals surface area contributed by atoms with Crippen LogP contribution in [0.2, 0.25) is 0 Å². The van der Waals surface area contributed by atoms with E-state index in [2.05, 4.69) is 15.9 Å². The highest BCUT2D eigenvalue weighted by Crippen LogP contribution is 2.42. The van der Waals surface area contributed by atoms with Gasteiger partial charge in [0.25, 0.3) is 0 Å². The SMILES string of the molecule is O=C(CBr)c1cccc(C(F)(F)F)c1C(F)(F)F. The maximum atomic E-state index is 12.7. The van der Waals surface area contributed by atoms with Gasteiger partial charge >= 0.3 is 12.4 Å². The fourth-order valence-electron chi connectivity index (χ4n) is 1.40. The van der Waals surface area contributed by atoms with Gasteiger partial charge in [0.2, 0.25) is 0 Å². The molecule has 0 aliphatic heterocycles. The van der Waals surface area contributed by atoms with Crippen molar-refractivity contribution in [3.63, 3.8) is 0 Å². The van der Waals surface area contributed by atoms with Crippen LogP contribution in [0.5, 0.6) is 0 Å². The second kappa shape index (κ2) is 4.91. The number of benzene rings is 1. The van der Waals surface area contributed by atoms with Crippen LogP contribution in [0.3, 0.4) is 0 Å². The normalized spacial score (nSPS) is 12.6. The molecule has 0 radical (unpaired) electrons. The van der Waals surface area contributed by atoms with Gasteiger partial charge in [-0.2, -0.15) is 26.3 Å². The highest BCUT2D eigenvalue weighted by molar-refractivity contribution is 9.09. The first-order valence-corrected chi connectivity index (χ1v) is 5.57. The third-order valence-corrected chi connectivity index (χ3v) is 2.58. The Morgan fingerprint density at radius 1 is 1.06 bits per heavy atom. The molecule has 1 rings (SSSR count). The van der Waals surface area contributed by atoms with Crippen LogP contribution < -0.4 is 0 Å². The molecular weight excluding hydrogens is 330 g/mol. The Kier molecular flexibility index (Phi) is 4.09. The fourth-order valence-corrected chi connectivity index (χ4v) is 1.70. The standard InChI is InChI=1S/C10H5BrF6O/c11-4-7(18)5-2-1-3-6(9(12,13)14)8(5)10(15,16)17/h1-3H,4H2. The van der Waals surface area contributed by atoms with Gasteiger partial charge in [0, 0.05) is 5.56 Å². The maximum Gasteiger partial charge on any atom is 0.417 e. The molecule has 0 heterocycles. The summed E-state index contributed by atoms with van der Waals surface area (Å²) in [4.78, 5) is 11.2. The number of alkyl halides is 7. The molecule has 0 bridgehead atoms. The molecule has 0 fully saturated rings. The lowest BCUT2D eigenvalue weighted by atomic mass is 9.97. The molecule has 0 unspecified atom stereocenters. The van der Waals surface area contributed by atoms with Crippen LogP contribution in [0, 0.1) is 0 Å². The van der Waals surface area contributed by atoms with Crippen LogP contribution in [-0.2, 0) is 12.4 Å². The van der Waals surface area contributed by atoms with Crippen molar-refractivity contribution >= 4 is 21.7 Å². The van der Waals surface area contributed by atoms with Crippen LogP contribution in [0.25, 0.3) is 0 Å². The minimum Gasteiger partial charge on any atom is -0.293 e. The smallest absolute Gasteiger partial charge is 0.293 e. The molecule has 0 atom stereocenters. The zero-order valence-electron chi connectivity index (χ0n) is 8.49. The Balaban J connectivity index is 3.61. The van der Waals surface area contributed by atoms with Crippen molar-refractivity contribution < 1.29 is 31.1 Å². The summed E-state index contributed by atoms with van der Waals surface area (Å²) in [7, 11) is 0. The summed E-state index contributed by atoms with van der Waals surface area (Å²) >= 11 is 2.63. The molecule has 0 spiro atoms. The van der Waals surface area contributed by atoms with Crippen molar-refractivity contribution in [2.75, 3.05) is 5.33 Å². The van der Waals surface area contributed by atoms with Gasteiger partial charge in [0.15, 0.2) is 5.78 Å². The molecule has 1 nitrogen and oxygen atoms in total. The van der Waals surface area contributed by atoms with Gasteiger partial charge in [0.05, 0.1) is 16.5 Å². The minimum absolute atomic E-state index is 0.299. The van der Waals surface area contributed by atoms with Crippen LogP contribution in [0.1, 0.15) is 21.5 Å². The highest BCUT2D eigenvalue weighted by Gasteiger charge is 2.45. The molecule has 18 heavy (non-hydrogen) atoms. The summed E-state index contributed by atoms with van der Waals surface area (Å²) in [6, 6.07) is 1.80. The molecule has 8 heteroatoms. The molecule has 0 saturated carbocycles. The third kappa shape index (κ3) is 3.04. The molecule has 1 aromatic carbocycles. The Hall–Kier alpha value is -1.05. The molecule has 0 aromatic heterocycles. The minimum atomic E-state index is -5.25. The number of hydrogen-bond acceptors (Lipinski definition) is 1. The zero-order chi connectivity index (χ0) is 14.1. The van der Waals surface area contributed by atoms with E-state index in [-0.39, 0.29) is 0 Å². The van der Waals surface area contributed by atoms with E-state index in [1.54, 1.807) is 0 Å². The first kappa shape index (κ1) is 15.0. The third-order valence-electron chi connectivity index (χ3n) is 2.08. The van der Waals surface area contributed by atoms with Crippen molar-refractivity contribution in [1.82, 2.24) is 0 Å². The van der Waals surface area contributed by atoms with Crippen LogP contribution in [-0.4, -0.2) is 11.1 Å². The molecule has 100 valence electrons. The fraction of sp³-hybridized carbons (Fsp3) is 0.300. The highest BCUT2D eigenvalue weighted by atomic mass is 79.9. The molecule has 0 aliphatic carbocycles. The average Bonchev–Trinajstić information content (AvgIpc) is 2.24. The molecule has 1 aromatic rings. The monoisotopic (exact) mass is 334 g/mol. The summed E-state index contributed by atoms with van der Waals surface area (Å²) in [5.41, 5.74) is -4.79. The lowest BCUT2D eigenvalue weighted by molar-refractivity contribution is -0.162. The molecule has 0 aliphatic rings. The number of carbonyl (C=O) groups is 1. The van der Waals surface area contributed by atoms with E-state index in [0.717, 1.165) is 12.1 Å². The number of Topliss-reactive ketones (excluding diaryl/α,β-unsaturated/α-hetero) is 1. The Morgan fingerprint density at radius 2 is 1.61 bits per heavy atom. The molecule has 0 saturated heterocycles. The van der Waals surface area contributed by atoms with Crippen molar-refractivity contribution in [2.24, 2.45) is 0 Å². The first-order valence-electron chi connectivity index (χ1n) is 4.45. The lowest BCUT2D eigenvalue weighted by Gasteiger charge is -2.18. The molecule has 0 amide bonds. The van der Waals surface area contributed by atoms with Crippen LogP contribution in [0.15, 0.2) is 18.2 Å². The molecule has 0 N–H and O–H groups in total. The maximum absolute atomic E-state index is 12.7. The second-order valence-electron chi connectivity index (χ2n) is 3.28. The first-order chi connectivity index (χ1) is 8.09. The van der Waals surface area contributed by atoms with Gasteiger partial charge in [-0.25, -0.2) is 0 Å². The topological polar surface area (TPSA) is 17.1 Å². The van der Waals surface area contributed by atoms with E-state index in [0.29, 0.717) is 6.07 Å². The summed E-state index contributed by atoms with van der Waals surface area (Å²) in [6.45, 7) is 0. The van der Waals surface area contributed by atoms with Gasteiger partial charge in [0.1, 0.15) is 0 Å². The summed E-state index contributed by atoms with van der Waals surface area (Å²) < 4.78 is 75.5. The average molecular weight is 335 g/mol. The van der Waals surface area contributed by atoms with E-state index >= 15 is 0 Å². The second-order valence-corrected chi connectivity index (χ2v) is 3.84. The van der Waals surface area contributed by atoms with Crippen molar-refractivity contribution in [2.45, 2.75) is 12.4 Å². The number of halogens is 7. The van der Waals surface area contributed by atoms with Gasteiger partial charge in [-0.1, -0.05) is 28.1 Å². The predicted molar refractivity (Wildman–Crippen MR) is 54.6 cm³/mol. The quantitative estimate of drug-likeness (QED) is 0.447. The van der Waals surface area contributed by atoms with E-state index in [4.69, 9.17) is 0 Å². The predicted octanol–water partition coefficient (Wildman–Crippen LogP) is 4.30. The zero-order valence-corrected chi connectivity index (χ0v) is 10.1. The molecular formula is C10H5BrF6O. The largest absolute Gasteiger partial charge is 0.417 e. The van der Waals surface area contributed by atoms with Crippen LogP contribution >= 0.6 is 15.9 Å². The summed E-state index contributed by atoms with van der Waals surface area (Å²) in [5, 5.41) is -0.489. The number of carbonyl (C=O) groups excluding carboxylic acids is 1. The number of ketones is 1. The van der Waals surface area contributed by atoms with Gasteiger partial charge in [-0.15, -0.1) is 0 Å². The van der Waals surface area contributed by atoms with Crippen LogP contribution in [0.4, 0.5) is 26.3 Å². The van der Waals surface area contributed by atoms with E-state index in [1.807, 2.05) is 0 Å². The van der Waals surface area contributed by atoms with Gasteiger partial charge in [-0.05, 0) is 6.07 Å². The van der Waals surface area contributed by atoms with Crippen molar-refractivity contribution in [1.29, 1.82) is 0 Å². The summed E-state index contributed by atoms with van der Waals surface area (Å²) in [5.74, 6) is -1.06. The Morgan fingerprint density at radius 3 is 2.00 bits per heavy atom. The number of hydrogen-bond donors (Lipinski definition) is 0. The van der Waals surface area contributed by atoms with Gasteiger partial charge in [-0.3, -0.25) is 4.79 Å². The van der Waals surface area contributed by atoms with E-state index in [9.17, 15) is 31.1 Å². The van der Waals surface area contributed by atoms with Gasteiger partial charge < -0.3 is 0 Å². The van der Waals surface area contributed by atoms with E-state index in [1.165, 1.54) is 0 Å². The van der Waals surface area contributed by atoms with Crippen molar-refractivity contribution in [3.8, 4) is 0 Å². The lowest BCUT2D eigenvalue weighted by Crippen LogP contribution is -2.21. The summed E-state index contributed by atoms with van der Waals surface area (Å²) in [6.07, 6.45) is -10.4. The Labute approximate surface area is 106 Å². The van der Waals surface area contributed by atoms with Crippen molar-refractivity contribution in [3.05, 3.63) is 34.9 Å².